The molecule has 0 spiro atoms. The van der Waals surface area contributed by atoms with E-state index in [0.29, 0.717) is 5.75 Å². The van der Waals surface area contributed by atoms with Gasteiger partial charge in [-0.05, 0) is 12.1 Å². The average Bonchev–Trinajstić information content (AvgIpc) is 2.27. The van der Waals surface area contributed by atoms with E-state index in [4.69, 9.17) is 15.2 Å². The fourth-order valence-corrected chi connectivity index (χ4v) is 1.12. The van der Waals surface area contributed by atoms with Crippen molar-refractivity contribution in [2.75, 3.05) is 14.2 Å². The average molecular weight is 209 g/mol. The molecule has 0 saturated carbocycles. The lowest BCUT2D eigenvalue weighted by atomic mass is 10.1. The lowest BCUT2D eigenvalue weighted by Crippen LogP contribution is -2.23. The molecule has 0 fully saturated rings. The number of nitrogens with two attached hydrogens (primary N) is 1. The van der Waals surface area contributed by atoms with Gasteiger partial charge in [0.1, 0.15) is 11.5 Å². The largest absolute Gasteiger partial charge is 0.497 e. The summed E-state index contributed by atoms with van der Waals surface area (Å²) in [6.07, 6.45) is 0. The van der Waals surface area contributed by atoms with Gasteiger partial charge in [-0.1, -0.05) is 0 Å². The second kappa shape index (κ2) is 4.45. The fourth-order valence-electron chi connectivity index (χ4n) is 1.12. The number of amides is 1. The van der Waals surface area contributed by atoms with Crippen LogP contribution in [0.15, 0.2) is 18.2 Å². The van der Waals surface area contributed by atoms with Gasteiger partial charge in [-0.15, -0.1) is 0 Å². The van der Waals surface area contributed by atoms with Crippen molar-refractivity contribution >= 4 is 11.7 Å². The maximum Gasteiger partial charge on any atom is 0.289 e. The van der Waals surface area contributed by atoms with Crippen molar-refractivity contribution in [2.24, 2.45) is 5.73 Å². The zero-order chi connectivity index (χ0) is 11.4. The van der Waals surface area contributed by atoms with E-state index in [1.165, 1.54) is 26.4 Å². The van der Waals surface area contributed by atoms with E-state index in [-0.39, 0.29) is 11.3 Å². The summed E-state index contributed by atoms with van der Waals surface area (Å²) in [5.74, 6) is -1.00. The molecular formula is C10H11NO4. The van der Waals surface area contributed by atoms with E-state index in [0.717, 1.165) is 0 Å². The van der Waals surface area contributed by atoms with Crippen molar-refractivity contribution in [2.45, 2.75) is 0 Å². The predicted molar refractivity (Wildman–Crippen MR) is 53.1 cm³/mol. The van der Waals surface area contributed by atoms with Crippen LogP contribution in [0.1, 0.15) is 10.4 Å². The molecule has 0 aliphatic carbocycles. The first-order valence-electron chi connectivity index (χ1n) is 4.16. The number of primary amides is 1. The molecule has 15 heavy (non-hydrogen) atoms. The Morgan fingerprint density at radius 3 is 2.33 bits per heavy atom. The molecule has 0 unspecified atom stereocenters. The van der Waals surface area contributed by atoms with Crippen LogP contribution in [-0.2, 0) is 4.79 Å². The quantitative estimate of drug-likeness (QED) is 0.574. The van der Waals surface area contributed by atoms with Gasteiger partial charge in [0, 0.05) is 6.07 Å². The van der Waals surface area contributed by atoms with Gasteiger partial charge >= 0.3 is 0 Å². The summed E-state index contributed by atoms with van der Waals surface area (Å²) < 4.78 is 9.89. The Balaban J connectivity index is 3.18. The van der Waals surface area contributed by atoms with Crippen LogP contribution in [0.2, 0.25) is 0 Å². The second-order valence-electron chi connectivity index (χ2n) is 2.76. The van der Waals surface area contributed by atoms with Crippen LogP contribution < -0.4 is 15.2 Å². The first-order valence-corrected chi connectivity index (χ1v) is 4.16. The maximum atomic E-state index is 11.3. The number of rotatable bonds is 4. The Labute approximate surface area is 86.8 Å². The molecule has 80 valence electrons. The molecule has 0 aliphatic heterocycles. The van der Waals surface area contributed by atoms with E-state index in [1.807, 2.05) is 0 Å². The number of carbonyl (C=O) groups excluding carboxylic acids is 2. The van der Waals surface area contributed by atoms with Gasteiger partial charge in [0.15, 0.2) is 0 Å². The smallest absolute Gasteiger partial charge is 0.289 e. The summed E-state index contributed by atoms with van der Waals surface area (Å²) in [5.41, 5.74) is 5.02. The molecule has 0 atom stereocenters. The molecule has 2 N–H and O–H groups in total. The number of methoxy groups -OCH3 is 2. The minimum absolute atomic E-state index is 0.130. The highest BCUT2D eigenvalue weighted by molar-refractivity contribution is 6.42. The molecular weight excluding hydrogens is 198 g/mol. The van der Waals surface area contributed by atoms with Crippen LogP contribution in [0.3, 0.4) is 0 Å². The van der Waals surface area contributed by atoms with Gasteiger partial charge < -0.3 is 15.2 Å². The standard InChI is InChI=1S/C10H11NO4/c1-14-6-3-4-7(8(5-6)15-2)9(12)10(11)13/h3-5H,1-2H3,(H2,11,13). The van der Waals surface area contributed by atoms with Crippen molar-refractivity contribution < 1.29 is 19.1 Å². The number of ketones is 1. The van der Waals surface area contributed by atoms with Crippen LogP contribution in [-0.4, -0.2) is 25.9 Å². The molecule has 0 aliphatic rings. The summed E-state index contributed by atoms with van der Waals surface area (Å²) >= 11 is 0. The van der Waals surface area contributed by atoms with Crippen LogP contribution in [0.5, 0.6) is 11.5 Å². The molecule has 0 radical (unpaired) electrons. The molecule has 0 bridgehead atoms. The predicted octanol–water partition coefficient (Wildman–Crippen LogP) is 0.372. The zero-order valence-corrected chi connectivity index (χ0v) is 8.44. The summed E-state index contributed by atoms with van der Waals surface area (Å²) in [7, 11) is 2.89. The van der Waals surface area contributed by atoms with Crippen molar-refractivity contribution in [1.29, 1.82) is 0 Å². The van der Waals surface area contributed by atoms with Gasteiger partial charge in [0.25, 0.3) is 11.7 Å². The molecule has 5 nitrogen and oxygen atoms in total. The highest BCUT2D eigenvalue weighted by Crippen LogP contribution is 2.24. The van der Waals surface area contributed by atoms with Crippen LogP contribution in [0, 0.1) is 0 Å². The van der Waals surface area contributed by atoms with Gasteiger partial charge in [-0.3, -0.25) is 9.59 Å². The Morgan fingerprint density at radius 1 is 1.20 bits per heavy atom. The number of ether oxygens (including phenoxy) is 2. The SMILES string of the molecule is COc1ccc(C(=O)C(N)=O)c(OC)c1. The summed E-state index contributed by atoms with van der Waals surface area (Å²) in [6.45, 7) is 0. The van der Waals surface area contributed by atoms with Crippen LogP contribution in [0.4, 0.5) is 0 Å². The molecule has 0 aromatic heterocycles. The first kappa shape index (κ1) is 11.0. The molecule has 0 heterocycles. The Bertz CT molecular complexity index is 400. The second-order valence-corrected chi connectivity index (χ2v) is 2.76. The van der Waals surface area contributed by atoms with E-state index in [1.54, 1.807) is 6.07 Å². The highest BCUT2D eigenvalue weighted by Gasteiger charge is 2.17. The number of Topliss-reactive ketones (excluding diaryl/α,β-unsaturated/α-hetero) is 1. The zero-order valence-electron chi connectivity index (χ0n) is 8.44. The summed E-state index contributed by atoms with van der Waals surface area (Å²) in [5, 5.41) is 0. The fraction of sp³-hybridized carbons (Fsp3) is 0.200. The van der Waals surface area contributed by atoms with E-state index >= 15 is 0 Å². The van der Waals surface area contributed by atoms with Crippen molar-refractivity contribution in [3.05, 3.63) is 23.8 Å². The minimum Gasteiger partial charge on any atom is -0.497 e. The normalized spacial score (nSPS) is 9.47. The molecule has 1 amide bonds. The van der Waals surface area contributed by atoms with Gasteiger partial charge in [0.05, 0.1) is 19.8 Å². The van der Waals surface area contributed by atoms with Crippen molar-refractivity contribution in [3.63, 3.8) is 0 Å². The third-order valence-electron chi connectivity index (χ3n) is 1.88. The minimum atomic E-state index is -1.02. The molecule has 1 aromatic carbocycles. The Morgan fingerprint density at radius 2 is 1.87 bits per heavy atom. The third-order valence-corrected chi connectivity index (χ3v) is 1.88. The summed E-state index contributed by atoms with van der Waals surface area (Å²) in [6, 6.07) is 4.50. The third kappa shape index (κ3) is 2.25. The number of carbonyl (C=O) groups is 2. The number of hydrogen-bond acceptors (Lipinski definition) is 4. The lowest BCUT2D eigenvalue weighted by Gasteiger charge is -2.07. The van der Waals surface area contributed by atoms with Crippen LogP contribution in [0.25, 0.3) is 0 Å². The topological polar surface area (TPSA) is 78.6 Å². The van der Waals surface area contributed by atoms with Gasteiger partial charge in [0.2, 0.25) is 0 Å². The van der Waals surface area contributed by atoms with Crippen molar-refractivity contribution in [3.8, 4) is 11.5 Å². The van der Waals surface area contributed by atoms with Crippen molar-refractivity contribution in [1.82, 2.24) is 0 Å². The van der Waals surface area contributed by atoms with E-state index in [9.17, 15) is 9.59 Å². The van der Waals surface area contributed by atoms with Crippen LogP contribution >= 0.6 is 0 Å². The van der Waals surface area contributed by atoms with Gasteiger partial charge in [-0.25, -0.2) is 0 Å². The van der Waals surface area contributed by atoms with E-state index < -0.39 is 11.7 Å². The number of hydrogen-bond donors (Lipinski definition) is 1. The molecule has 0 saturated heterocycles. The molecule has 5 heteroatoms. The Hall–Kier alpha value is -2.04. The summed E-state index contributed by atoms with van der Waals surface area (Å²) in [4.78, 5) is 22.0. The maximum absolute atomic E-state index is 11.3. The Kier molecular flexibility index (Phi) is 3.28. The lowest BCUT2D eigenvalue weighted by molar-refractivity contribution is -0.114. The molecule has 1 aromatic rings. The number of benzene rings is 1. The molecule has 1 rings (SSSR count). The monoisotopic (exact) mass is 209 g/mol. The first-order chi connectivity index (χ1) is 7.10. The van der Waals surface area contributed by atoms with E-state index in [2.05, 4.69) is 0 Å². The highest BCUT2D eigenvalue weighted by atomic mass is 16.5. The van der Waals surface area contributed by atoms with Gasteiger partial charge in [-0.2, -0.15) is 0 Å².